The number of pyridine rings is 1. The van der Waals surface area contributed by atoms with Crippen LogP contribution in [0.2, 0.25) is 0 Å². The second-order valence-corrected chi connectivity index (χ2v) is 5.86. The van der Waals surface area contributed by atoms with E-state index in [4.69, 9.17) is 4.74 Å². The van der Waals surface area contributed by atoms with E-state index in [1.807, 2.05) is 24.5 Å². The first kappa shape index (κ1) is 13.8. The fraction of sp³-hybridized carbons (Fsp3) is 0.167. The third-order valence-electron chi connectivity index (χ3n) is 3.54. The van der Waals surface area contributed by atoms with Crippen molar-refractivity contribution in [2.75, 3.05) is 7.11 Å². The molecule has 2 heterocycles. The molecule has 0 aliphatic heterocycles. The van der Waals surface area contributed by atoms with Gasteiger partial charge in [-0.05, 0) is 60.0 Å². The summed E-state index contributed by atoms with van der Waals surface area (Å²) in [6.07, 6.45) is 4.84. The summed E-state index contributed by atoms with van der Waals surface area (Å²) in [4.78, 5) is 6.80. The summed E-state index contributed by atoms with van der Waals surface area (Å²) in [6, 6.07) is 14.6. The monoisotopic (exact) mass is 295 g/mol. The molecule has 0 spiro atoms. The van der Waals surface area contributed by atoms with Crippen LogP contribution in [0, 0.1) is 0 Å². The van der Waals surface area contributed by atoms with Crippen molar-refractivity contribution in [2.24, 2.45) is 0 Å². The zero-order valence-electron chi connectivity index (χ0n) is 12.2. The summed E-state index contributed by atoms with van der Waals surface area (Å²) in [5.74, 6) is 0.885. The van der Waals surface area contributed by atoms with E-state index in [-0.39, 0.29) is 0 Å². The van der Waals surface area contributed by atoms with E-state index in [0.29, 0.717) is 0 Å². The third-order valence-corrected chi connectivity index (χ3v) is 4.71. The number of aryl methyl sites for hydroxylation is 1. The Morgan fingerprint density at radius 2 is 1.76 bits per heavy atom. The van der Waals surface area contributed by atoms with Gasteiger partial charge in [0.1, 0.15) is 5.75 Å². The Bertz CT molecular complexity index is 731. The molecular weight excluding hydrogens is 278 g/mol. The van der Waals surface area contributed by atoms with Crippen LogP contribution in [0.1, 0.15) is 12.5 Å². The number of hydrogen-bond acceptors (Lipinski definition) is 3. The Kier molecular flexibility index (Phi) is 4.02. The summed E-state index contributed by atoms with van der Waals surface area (Å²) >= 11 is 1.80. The molecule has 0 radical (unpaired) electrons. The predicted molar refractivity (Wildman–Crippen MR) is 88.9 cm³/mol. The molecule has 0 amide bonds. The molecule has 2 nitrogen and oxygen atoms in total. The van der Waals surface area contributed by atoms with Gasteiger partial charge in [0.2, 0.25) is 0 Å². The van der Waals surface area contributed by atoms with Crippen molar-refractivity contribution < 1.29 is 4.74 Å². The van der Waals surface area contributed by atoms with Crippen LogP contribution in [0.25, 0.3) is 20.9 Å². The van der Waals surface area contributed by atoms with E-state index >= 15 is 0 Å². The van der Waals surface area contributed by atoms with Gasteiger partial charge >= 0.3 is 0 Å². The standard InChI is InChI=1S/C18H17NOS/c1-3-13-10-11-19-12-16(13)18-9-8-17(21-18)14-4-6-15(20-2)7-5-14/h4-12H,3H2,1-2H3. The maximum atomic E-state index is 5.20. The van der Waals surface area contributed by atoms with Crippen LogP contribution < -0.4 is 4.74 Å². The average Bonchev–Trinajstić information content (AvgIpc) is 3.04. The minimum Gasteiger partial charge on any atom is -0.497 e. The minimum absolute atomic E-state index is 0.885. The molecule has 0 fully saturated rings. The largest absolute Gasteiger partial charge is 0.497 e. The zero-order chi connectivity index (χ0) is 14.7. The molecule has 0 saturated heterocycles. The number of ether oxygens (including phenoxy) is 1. The highest BCUT2D eigenvalue weighted by molar-refractivity contribution is 7.18. The highest BCUT2D eigenvalue weighted by Crippen LogP contribution is 2.36. The second kappa shape index (κ2) is 6.10. The van der Waals surface area contributed by atoms with Crippen LogP contribution in [0.4, 0.5) is 0 Å². The molecule has 0 aliphatic carbocycles. The second-order valence-electron chi connectivity index (χ2n) is 4.78. The summed E-state index contributed by atoms with van der Waals surface area (Å²) in [6.45, 7) is 2.18. The summed E-state index contributed by atoms with van der Waals surface area (Å²) < 4.78 is 5.20. The lowest BCUT2D eigenvalue weighted by molar-refractivity contribution is 0.415. The van der Waals surface area contributed by atoms with Gasteiger partial charge in [0.25, 0.3) is 0 Å². The lowest BCUT2D eigenvalue weighted by Gasteiger charge is -2.04. The topological polar surface area (TPSA) is 22.1 Å². The molecular formula is C18H17NOS. The van der Waals surface area contributed by atoms with Crippen molar-refractivity contribution in [1.29, 1.82) is 0 Å². The Labute approximate surface area is 129 Å². The lowest BCUT2D eigenvalue weighted by Crippen LogP contribution is -1.86. The van der Waals surface area contributed by atoms with Crippen molar-refractivity contribution in [1.82, 2.24) is 4.98 Å². The molecule has 21 heavy (non-hydrogen) atoms. The molecule has 3 aromatic rings. The molecule has 3 rings (SSSR count). The first-order valence-corrected chi connectivity index (χ1v) is 7.81. The van der Waals surface area contributed by atoms with Gasteiger partial charge in [-0.15, -0.1) is 11.3 Å². The van der Waals surface area contributed by atoms with Crippen molar-refractivity contribution in [3.63, 3.8) is 0 Å². The van der Waals surface area contributed by atoms with Crippen LogP contribution in [0.15, 0.2) is 54.9 Å². The van der Waals surface area contributed by atoms with Crippen molar-refractivity contribution in [3.05, 3.63) is 60.4 Å². The molecule has 0 unspecified atom stereocenters. The Hall–Kier alpha value is -2.13. The van der Waals surface area contributed by atoms with Gasteiger partial charge in [-0.3, -0.25) is 4.98 Å². The first-order chi connectivity index (χ1) is 10.3. The van der Waals surface area contributed by atoms with Gasteiger partial charge in [-0.1, -0.05) is 6.92 Å². The third kappa shape index (κ3) is 2.83. The van der Waals surface area contributed by atoms with Gasteiger partial charge in [0.15, 0.2) is 0 Å². The van der Waals surface area contributed by atoms with E-state index < -0.39 is 0 Å². The summed E-state index contributed by atoms with van der Waals surface area (Å²) in [5.41, 5.74) is 3.80. The lowest BCUT2D eigenvalue weighted by atomic mass is 10.1. The molecule has 0 atom stereocenters. The molecule has 0 saturated carbocycles. The fourth-order valence-electron chi connectivity index (χ4n) is 2.35. The van der Waals surface area contributed by atoms with Gasteiger partial charge in [0, 0.05) is 27.7 Å². The highest BCUT2D eigenvalue weighted by atomic mass is 32.1. The first-order valence-electron chi connectivity index (χ1n) is 6.99. The molecule has 1 aromatic carbocycles. The van der Waals surface area contributed by atoms with Gasteiger partial charge in [-0.25, -0.2) is 0 Å². The SMILES string of the molecule is CCc1ccncc1-c1ccc(-c2ccc(OC)cc2)s1. The van der Waals surface area contributed by atoms with E-state index in [2.05, 4.69) is 42.2 Å². The van der Waals surface area contributed by atoms with Crippen molar-refractivity contribution in [2.45, 2.75) is 13.3 Å². The van der Waals surface area contributed by atoms with Gasteiger partial charge in [0.05, 0.1) is 7.11 Å². The molecule has 3 heteroatoms. The predicted octanol–water partition coefficient (Wildman–Crippen LogP) is 5.05. The van der Waals surface area contributed by atoms with E-state index in [0.717, 1.165) is 12.2 Å². The maximum absolute atomic E-state index is 5.20. The average molecular weight is 295 g/mol. The number of thiophene rings is 1. The Balaban J connectivity index is 1.95. The quantitative estimate of drug-likeness (QED) is 0.672. The van der Waals surface area contributed by atoms with Crippen molar-refractivity contribution in [3.8, 4) is 26.6 Å². The van der Waals surface area contributed by atoms with Crippen molar-refractivity contribution >= 4 is 11.3 Å². The fourth-order valence-corrected chi connectivity index (χ4v) is 3.40. The number of aromatic nitrogens is 1. The van der Waals surface area contributed by atoms with E-state index in [1.54, 1.807) is 18.4 Å². The van der Waals surface area contributed by atoms with E-state index in [9.17, 15) is 0 Å². The molecule has 0 N–H and O–H groups in total. The number of methoxy groups -OCH3 is 1. The molecule has 2 aromatic heterocycles. The molecule has 0 bridgehead atoms. The summed E-state index contributed by atoms with van der Waals surface area (Å²) in [7, 11) is 1.69. The number of nitrogens with zero attached hydrogens (tertiary/aromatic N) is 1. The Morgan fingerprint density at radius 1 is 1.00 bits per heavy atom. The van der Waals surface area contributed by atoms with Gasteiger partial charge in [-0.2, -0.15) is 0 Å². The summed E-state index contributed by atoms with van der Waals surface area (Å²) in [5, 5.41) is 0. The minimum atomic E-state index is 0.885. The van der Waals surface area contributed by atoms with E-state index in [1.165, 1.54) is 26.4 Å². The molecule has 106 valence electrons. The van der Waals surface area contributed by atoms with Crippen LogP contribution in [-0.4, -0.2) is 12.1 Å². The van der Waals surface area contributed by atoms with Crippen LogP contribution >= 0.6 is 11.3 Å². The van der Waals surface area contributed by atoms with Crippen LogP contribution in [0.5, 0.6) is 5.75 Å². The zero-order valence-corrected chi connectivity index (χ0v) is 13.0. The van der Waals surface area contributed by atoms with Crippen LogP contribution in [-0.2, 0) is 6.42 Å². The Morgan fingerprint density at radius 3 is 2.48 bits per heavy atom. The number of benzene rings is 1. The normalized spacial score (nSPS) is 10.6. The highest BCUT2D eigenvalue weighted by Gasteiger charge is 2.08. The number of hydrogen-bond donors (Lipinski definition) is 0. The number of rotatable bonds is 4. The van der Waals surface area contributed by atoms with Crippen LogP contribution in [0.3, 0.4) is 0 Å². The maximum Gasteiger partial charge on any atom is 0.118 e. The molecule has 0 aliphatic rings. The van der Waals surface area contributed by atoms with Gasteiger partial charge < -0.3 is 4.74 Å². The smallest absolute Gasteiger partial charge is 0.118 e.